The third-order valence-corrected chi connectivity index (χ3v) is 2.54. The van der Waals surface area contributed by atoms with Crippen molar-refractivity contribution in [3.8, 4) is 0 Å². The highest BCUT2D eigenvalue weighted by Gasteiger charge is 2.11. The monoisotopic (exact) mass is 145 g/mol. The fourth-order valence-electron chi connectivity index (χ4n) is 0.790. The first kappa shape index (κ1) is 6.93. The fourth-order valence-corrected chi connectivity index (χ4v) is 1.69. The zero-order valence-electron chi connectivity index (χ0n) is 5.59. The molecule has 1 saturated heterocycles. The van der Waals surface area contributed by atoms with Gasteiger partial charge in [-0.1, -0.05) is 0 Å². The summed E-state index contributed by atoms with van der Waals surface area (Å²) in [5.74, 6) is 2.30. The van der Waals surface area contributed by atoms with Crippen LogP contribution < -0.4 is 0 Å². The average Bonchev–Trinajstić information content (AvgIpc) is 1.99. The molecule has 0 radical (unpaired) electrons. The number of hydrogen-bond donors (Lipinski definition) is 0. The maximum atomic E-state index is 10.9. The molecular weight excluding hydrogens is 134 g/mol. The van der Waals surface area contributed by atoms with Gasteiger partial charge >= 0.3 is 0 Å². The van der Waals surface area contributed by atoms with Gasteiger partial charge in [0.2, 0.25) is 5.91 Å². The Morgan fingerprint density at radius 3 is 3.22 bits per heavy atom. The maximum Gasteiger partial charge on any atom is 0.223 e. The second kappa shape index (κ2) is 3.11. The highest BCUT2D eigenvalue weighted by molar-refractivity contribution is 7.99. The molecule has 1 aliphatic rings. The first-order valence-corrected chi connectivity index (χ1v) is 4.28. The highest BCUT2D eigenvalue weighted by Crippen LogP contribution is 2.12. The van der Waals surface area contributed by atoms with E-state index < -0.39 is 0 Å². The van der Waals surface area contributed by atoms with Crippen LogP contribution in [-0.4, -0.2) is 29.5 Å². The third kappa shape index (κ3) is 1.90. The first-order valence-electron chi connectivity index (χ1n) is 3.12. The number of nitrogens with zero attached hydrogens (tertiary/aromatic N) is 1. The quantitative estimate of drug-likeness (QED) is 0.505. The average molecular weight is 145 g/mol. The van der Waals surface area contributed by atoms with Gasteiger partial charge in [0, 0.05) is 13.5 Å². The van der Waals surface area contributed by atoms with Crippen LogP contribution in [0, 0.1) is 0 Å². The van der Waals surface area contributed by atoms with E-state index in [1.165, 1.54) is 0 Å². The molecule has 1 rings (SSSR count). The van der Waals surface area contributed by atoms with Gasteiger partial charge < -0.3 is 4.90 Å². The van der Waals surface area contributed by atoms with Gasteiger partial charge in [-0.05, 0) is 12.2 Å². The van der Waals surface area contributed by atoms with Crippen molar-refractivity contribution in [2.45, 2.75) is 12.8 Å². The van der Waals surface area contributed by atoms with Gasteiger partial charge in [0.1, 0.15) is 0 Å². The Morgan fingerprint density at radius 1 is 1.67 bits per heavy atom. The van der Waals surface area contributed by atoms with Crippen molar-refractivity contribution < 1.29 is 4.79 Å². The number of rotatable bonds is 0. The summed E-state index contributed by atoms with van der Waals surface area (Å²) in [5, 5.41) is 0. The molecule has 3 heteroatoms. The molecule has 0 N–H and O–H groups in total. The summed E-state index contributed by atoms with van der Waals surface area (Å²) in [4.78, 5) is 12.7. The van der Waals surface area contributed by atoms with E-state index in [9.17, 15) is 4.79 Å². The van der Waals surface area contributed by atoms with Crippen LogP contribution in [-0.2, 0) is 4.79 Å². The normalized spacial score (nSPS) is 21.9. The lowest BCUT2D eigenvalue weighted by Crippen LogP contribution is -2.23. The minimum atomic E-state index is 0.292. The first-order chi connectivity index (χ1) is 4.30. The van der Waals surface area contributed by atoms with Gasteiger partial charge in [-0.15, -0.1) is 11.8 Å². The minimum absolute atomic E-state index is 0.292. The maximum absolute atomic E-state index is 10.9. The molecule has 9 heavy (non-hydrogen) atoms. The molecule has 0 aromatic rings. The molecule has 0 bridgehead atoms. The van der Waals surface area contributed by atoms with E-state index in [0.717, 1.165) is 24.5 Å². The van der Waals surface area contributed by atoms with Crippen molar-refractivity contribution in [1.29, 1.82) is 0 Å². The Balaban J connectivity index is 2.41. The van der Waals surface area contributed by atoms with Crippen LogP contribution in [0.5, 0.6) is 0 Å². The molecule has 0 unspecified atom stereocenters. The zero-order valence-corrected chi connectivity index (χ0v) is 6.41. The van der Waals surface area contributed by atoms with Crippen LogP contribution in [0.25, 0.3) is 0 Å². The van der Waals surface area contributed by atoms with Gasteiger partial charge in [-0.2, -0.15) is 0 Å². The predicted octanol–water partition coefficient (Wildman–Crippen LogP) is 0.929. The number of carbonyl (C=O) groups excluding carboxylic acids is 1. The second-order valence-corrected chi connectivity index (χ2v) is 3.31. The Kier molecular flexibility index (Phi) is 2.39. The summed E-state index contributed by atoms with van der Waals surface area (Å²) < 4.78 is 0. The fraction of sp³-hybridized carbons (Fsp3) is 0.833. The zero-order chi connectivity index (χ0) is 6.69. The number of thioether (sulfide) groups is 1. The Morgan fingerprint density at radius 2 is 2.44 bits per heavy atom. The van der Waals surface area contributed by atoms with Crippen molar-refractivity contribution in [1.82, 2.24) is 4.90 Å². The van der Waals surface area contributed by atoms with E-state index in [2.05, 4.69) is 0 Å². The SMILES string of the molecule is CN1CSCCCC1=O. The van der Waals surface area contributed by atoms with E-state index in [-0.39, 0.29) is 0 Å². The summed E-state index contributed by atoms with van der Waals surface area (Å²) in [6, 6.07) is 0. The molecule has 0 aromatic heterocycles. The van der Waals surface area contributed by atoms with Crippen LogP contribution in [0.4, 0.5) is 0 Å². The van der Waals surface area contributed by atoms with Crippen molar-refractivity contribution in [2.75, 3.05) is 18.7 Å². The Bertz CT molecular complexity index is 116. The smallest absolute Gasteiger partial charge is 0.223 e. The van der Waals surface area contributed by atoms with Gasteiger partial charge in [-0.25, -0.2) is 0 Å². The summed E-state index contributed by atoms with van der Waals surface area (Å²) in [6.07, 6.45) is 1.79. The van der Waals surface area contributed by atoms with Gasteiger partial charge in [0.15, 0.2) is 0 Å². The lowest BCUT2D eigenvalue weighted by molar-refractivity contribution is -0.128. The summed E-state index contributed by atoms with van der Waals surface area (Å²) in [7, 11) is 1.86. The molecule has 1 fully saturated rings. The molecule has 52 valence electrons. The molecule has 1 aliphatic heterocycles. The minimum Gasteiger partial charge on any atom is -0.337 e. The van der Waals surface area contributed by atoms with Gasteiger partial charge in [0.25, 0.3) is 0 Å². The van der Waals surface area contributed by atoms with E-state index in [1.54, 1.807) is 4.90 Å². The Hall–Kier alpha value is -0.180. The van der Waals surface area contributed by atoms with E-state index in [0.29, 0.717) is 5.91 Å². The third-order valence-electron chi connectivity index (χ3n) is 1.39. The van der Waals surface area contributed by atoms with Crippen LogP contribution in [0.15, 0.2) is 0 Å². The van der Waals surface area contributed by atoms with Crippen LogP contribution >= 0.6 is 11.8 Å². The molecule has 0 aromatic carbocycles. The molecule has 2 nitrogen and oxygen atoms in total. The van der Waals surface area contributed by atoms with Gasteiger partial charge in [-0.3, -0.25) is 4.79 Å². The molecule has 1 amide bonds. The van der Waals surface area contributed by atoms with Crippen molar-refractivity contribution >= 4 is 17.7 Å². The number of hydrogen-bond acceptors (Lipinski definition) is 2. The van der Waals surface area contributed by atoms with E-state index >= 15 is 0 Å². The highest BCUT2D eigenvalue weighted by atomic mass is 32.2. The van der Waals surface area contributed by atoms with E-state index in [4.69, 9.17) is 0 Å². The molecular formula is C6H11NOS. The standard InChI is InChI=1S/C6H11NOS/c1-7-5-9-4-2-3-6(7)8/h2-5H2,1H3. The molecule has 0 saturated carbocycles. The molecule has 0 aliphatic carbocycles. The van der Waals surface area contributed by atoms with Crippen LogP contribution in [0.3, 0.4) is 0 Å². The number of amides is 1. The second-order valence-electron chi connectivity index (χ2n) is 2.23. The molecule has 0 atom stereocenters. The van der Waals surface area contributed by atoms with Crippen molar-refractivity contribution in [2.24, 2.45) is 0 Å². The lowest BCUT2D eigenvalue weighted by Gasteiger charge is -2.11. The van der Waals surface area contributed by atoms with Crippen molar-refractivity contribution in [3.63, 3.8) is 0 Å². The largest absolute Gasteiger partial charge is 0.337 e. The topological polar surface area (TPSA) is 20.3 Å². The molecule has 1 heterocycles. The lowest BCUT2D eigenvalue weighted by atomic mass is 10.3. The predicted molar refractivity (Wildman–Crippen MR) is 39.3 cm³/mol. The van der Waals surface area contributed by atoms with Crippen LogP contribution in [0.1, 0.15) is 12.8 Å². The Labute approximate surface area is 59.6 Å². The summed E-state index contributed by atoms with van der Waals surface area (Å²) >= 11 is 1.83. The van der Waals surface area contributed by atoms with E-state index in [1.807, 2.05) is 18.8 Å². The number of carbonyl (C=O) groups is 1. The van der Waals surface area contributed by atoms with Crippen LogP contribution in [0.2, 0.25) is 0 Å². The molecule has 0 spiro atoms. The van der Waals surface area contributed by atoms with Crippen molar-refractivity contribution in [3.05, 3.63) is 0 Å². The van der Waals surface area contributed by atoms with Gasteiger partial charge in [0.05, 0.1) is 5.88 Å². The summed E-state index contributed by atoms with van der Waals surface area (Å²) in [6.45, 7) is 0. The summed E-state index contributed by atoms with van der Waals surface area (Å²) in [5.41, 5.74) is 0.